The second-order valence-corrected chi connectivity index (χ2v) is 8.55. The zero-order valence-electron chi connectivity index (χ0n) is 21.5. The summed E-state index contributed by atoms with van der Waals surface area (Å²) in [5, 5.41) is 11.4. The molecule has 9 heteroatoms. The molecule has 3 aromatic rings. The predicted molar refractivity (Wildman–Crippen MR) is 138 cm³/mol. The van der Waals surface area contributed by atoms with Gasteiger partial charge in [0.15, 0.2) is 23.0 Å². The Hall–Kier alpha value is -4.53. The van der Waals surface area contributed by atoms with Gasteiger partial charge < -0.3 is 29.0 Å². The van der Waals surface area contributed by atoms with Crippen molar-refractivity contribution < 1.29 is 38.0 Å². The Balaban J connectivity index is 1.83. The fraction of sp³-hybridized carbons (Fsp3) is 0.241. The number of Topliss-reactive ketones (excluding diaryl/α,β-unsaturated/α-hetero) is 1. The van der Waals surface area contributed by atoms with Gasteiger partial charge in [-0.15, -0.1) is 0 Å². The summed E-state index contributed by atoms with van der Waals surface area (Å²) < 4.78 is 34.8. The summed E-state index contributed by atoms with van der Waals surface area (Å²) in [5.74, 6) is -0.627. The van der Waals surface area contributed by atoms with Gasteiger partial charge in [-0.05, 0) is 60.0 Å². The first kappa shape index (κ1) is 26.5. The van der Waals surface area contributed by atoms with E-state index in [2.05, 4.69) is 0 Å². The molecule has 0 bridgehead atoms. The van der Waals surface area contributed by atoms with E-state index >= 15 is 0 Å². The van der Waals surface area contributed by atoms with Crippen molar-refractivity contribution in [2.45, 2.75) is 12.5 Å². The minimum atomic E-state index is -0.914. The minimum Gasteiger partial charge on any atom is -0.507 e. The molecule has 0 saturated carbocycles. The standard InChI is InChI=1S/C29H28FNO7/c1-35-21-11-7-18(15-23(21)37-3)26-25(27(32)19-8-12-22(36-2)24(16-19)38-4)28(33)29(34)31(26)14-13-17-5-9-20(30)10-6-17/h5-12,15-16,26,32H,13-14H2,1-4H3/b27-25-. The molecule has 1 aliphatic heterocycles. The molecule has 0 aliphatic carbocycles. The van der Waals surface area contributed by atoms with Gasteiger partial charge in [-0.3, -0.25) is 9.59 Å². The van der Waals surface area contributed by atoms with Crippen LogP contribution in [0, 0.1) is 5.82 Å². The molecule has 1 unspecified atom stereocenters. The number of nitrogens with zero attached hydrogens (tertiary/aromatic N) is 1. The number of amides is 1. The molecule has 38 heavy (non-hydrogen) atoms. The normalized spacial score (nSPS) is 16.4. The summed E-state index contributed by atoms with van der Waals surface area (Å²) >= 11 is 0. The number of carbonyl (C=O) groups excluding carboxylic acids is 2. The van der Waals surface area contributed by atoms with Gasteiger partial charge >= 0.3 is 0 Å². The second kappa shape index (κ2) is 11.2. The van der Waals surface area contributed by atoms with Crippen LogP contribution < -0.4 is 18.9 Å². The average Bonchev–Trinajstić information content (AvgIpc) is 3.20. The topological polar surface area (TPSA) is 94.5 Å². The first-order valence-corrected chi connectivity index (χ1v) is 11.8. The number of methoxy groups -OCH3 is 4. The van der Waals surface area contributed by atoms with Gasteiger partial charge in [-0.25, -0.2) is 4.39 Å². The second-order valence-electron chi connectivity index (χ2n) is 8.55. The van der Waals surface area contributed by atoms with Crippen molar-refractivity contribution in [3.8, 4) is 23.0 Å². The monoisotopic (exact) mass is 521 g/mol. The van der Waals surface area contributed by atoms with Crippen LogP contribution in [0.5, 0.6) is 23.0 Å². The molecule has 1 atom stereocenters. The van der Waals surface area contributed by atoms with Crippen LogP contribution in [0.2, 0.25) is 0 Å². The minimum absolute atomic E-state index is 0.0754. The number of ether oxygens (including phenoxy) is 4. The highest BCUT2D eigenvalue weighted by Gasteiger charge is 2.46. The number of aliphatic hydroxyl groups excluding tert-OH is 1. The van der Waals surface area contributed by atoms with Crippen LogP contribution in [-0.2, 0) is 16.0 Å². The third-order valence-corrected chi connectivity index (χ3v) is 6.47. The molecule has 0 radical (unpaired) electrons. The molecule has 1 aliphatic rings. The molecule has 0 spiro atoms. The van der Waals surface area contributed by atoms with E-state index in [-0.39, 0.29) is 29.3 Å². The number of rotatable bonds is 9. The van der Waals surface area contributed by atoms with E-state index in [0.29, 0.717) is 35.0 Å². The maximum Gasteiger partial charge on any atom is 0.295 e. The Labute approximate surface area is 219 Å². The van der Waals surface area contributed by atoms with Gasteiger partial charge in [0, 0.05) is 12.1 Å². The summed E-state index contributed by atoms with van der Waals surface area (Å²) in [6.07, 6.45) is 0.369. The van der Waals surface area contributed by atoms with E-state index in [4.69, 9.17) is 18.9 Å². The lowest BCUT2D eigenvalue weighted by atomic mass is 9.94. The zero-order chi connectivity index (χ0) is 27.4. The van der Waals surface area contributed by atoms with Crippen LogP contribution in [-0.4, -0.2) is 56.7 Å². The SMILES string of the molecule is COc1ccc(/C(O)=C2/C(=O)C(=O)N(CCc3ccc(F)cc3)C2c2ccc(OC)c(OC)c2)cc1OC. The van der Waals surface area contributed by atoms with E-state index in [1.807, 2.05) is 0 Å². The number of benzene rings is 3. The predicted octanol–water partition coefficient (Wildman–Crippen LogP) is 4.52. The lowest BCUT2D eigenvalue weighted by molar-refractivity contribution is -0.139. The highest BCUT2D eigenvalue weighted by atomic mass is 19.1. The lowest BCUT2D eigenvalue weighted by Crippen LogP contribution is -2.31. The highest BCUT2D eigenvalue weighted by molar-refractivity contribution is 6.46. The van der Waals surface area contributed by atoms with E-state index in [1.54, 1.807) is 42.5 Å². The van der Waals surface area contributed by atoms with Crippen molar-refractivity contribution in [3.63, 3.8) is 0 Å². The Morgan fingerprint density at radius 3 is 2.00 bits per heavy atom. The van der Waals surface area contributed by atoms with Crippen molar-refractivity contribution >= 4 is 17.4 Å². The number of aliphatic hydroxyl groups is 1. The van der Waals surface area contributed by atoms with Crippen molar-refractivity contribution in [1.29, 1.82) is 0 Å². The van der Waals surface area contributed by atoms with Crippen LogP contribution in [0.1, 0.15) is 22.7 Å². The van der Waals surface area contributed by atoms with Crippen molar-refractivity contribution in [1.82, 2.24) is 4.90 Å². The Kier molecular flexibility index (Phi) is 7.85. The molecule has 1 heterocycles. The maximum absolute atomic E-state index is 13.4. The largest absolute Gasteiger partial charge is 0.507 e. The van der Waals surface area contributed by atoms with Crippen LogP contribution in [0.4, 0.5) is 4.39 Å². The zero-order valence-corrected chi connectivity index (χ0v) is 21.5. The number of carbonyl (C=O) groups is 2. The van der Waals surface area contributed by atoms with Crippen molar-refractivity contribution in [3.05, 3.63) is 88.7 Å². The van der Waals surface area contributed by atoms with Gasteiger partial charge in [0.05, 0.1) is 40.1 Å². The van der Waals surface area contributed by atoms with Gasteiger partial charge in [0.2, 0.25) is 0 Å². The van der Waals surface area contributed by atoms with Crippen LogP contribution in [0.3, 0.4) is 0 Å². The van der Waals surface area contributed by atoms with E-state index in [9.17, 15) is 19.1 Å². The first-order valence-electron chi connectivity index (χ1n) is 11.8. The molecule has 8 nitrogen and oxygen atoms in total. The third-order valence-electron chi connectivity index (χ3n) is 6.47. The Bertz CT molecular complexity index is 1380. The molecule has 1 fully saturated rings. The molecule has 3 aromatic carbocycles. The van der Waals surface area contributed by atoms with Gasteiger partial charge in [0.1, 0.15) is 11.6 Å². The Morgan fingerprint density at radius 1 is 0.816 bits per heavy atom. The summed E-state index contributed by atoms with van der Waals surface area (Å²) in [5.41, 5.74) is 1.54. The fourth-order valence-electron chi connectivity index (χ4n) is 4.52. The third kappa shape index (κ3) is 5.00. The molecular weight excluding hydrogens is 493 g/mol. The van der Waals surface area contributed by atoms with Gasteiger partial charge in [-0.1, -0.05) is 18.2 Å². The van der Waals surface area contributed by atoms with Gasteiger partial charge in [0.25, 0.3) is 11.7 Å². The molecule has 4 rings (SSSR count). The van der Waals surface area contributed by atoms with Crippen molar-refractivity contribution in [2.75, 3.05) is 35.0 Å². The molecule has 0 aromatic heterocycles. The van der Waals surface area contributed by atoms with Crippen LogP contribution >= 0.6 is 0 Å². The van der Waals surface area contributed by atoms with Crippen molar-refractivity contribution in [2.24, 2.45) is 0 Å². The lowest BCUT2D eigenvalue weighted by Gasteiger charge is -2.26. The maximum atomic E-state index is 13.4. The van der Waals surface area contributed by atoms with E-state index < -0.39 is 17.7 Å². The first-order chi connectivity index (χ1) is 18.3. The molecule has 198 valence electrons. The number of ketones is 1. The summed E-state index contributed by atoms with van der Waals surface area (Å²) in [4.78, 5) is 28.0. The highest BCUT2D eigenvalue weighted by Crippen LogP contribution is 2.42. The number of hydrogen-bond acceptors (Lipinski definition) is 7. The van der Waals surface area contributed by atoms with E-state index in [0.717, 1.165) is 5.56 Å². The van der Waals surface area contributed by atoms with Crippen LogP contribution in [0.15, 0.2) is 66.2 Å². The summed E-state index contributed by atoms with van der Waals surface area (Å²) in [6, 6.07) is 14.8. The average molecular weight is 522 g/mol. The van der Waals surface area contributed by atoms with E-state index in [1.165, 1.54) is 51.5 Å². The quantitative estimate of drug-likeness (QED) is 0.251. The molecule has 1 N–H and O–H groups in total. The number of hydrogen-bond donors (Lipinski definition) is 1. The number of halogens is 1. The fourth-order valence-corrected chi connectivity index (χ4v) is 4.52. The molecule has 1 amide bonds. The summed E-state index contributed by atoms with van der Waals surface area (Å²) in [7, 11) is 5.93. The smallest absolute Gasteiger partial charge is 0.295 e. The Morgan fingerprint density at radius 2 is 1.39 bits per heavy atom. The molecule has 1 saturated heterocycles. The summed E-state index contributed by atoms with van der Waals surface area (Å²) in [6.45, 7) is 0.151. The van der Waals surface area contributed by atoms with Gasteiger partial charge in [-0.2, -0.15) is 0 Å². The van der Waals surface area contributed by atoms with Crippen LogP contribution in [0.25, 0.3) is 5.76 Å². The number of likely N-dealkylation sites (tertiary alicyclic amines) is 1. The molecular formula is C29H28FNO7.